The average molecular weight is 647 g/mol. The van der Waals surface area contributed by atoms with Gasteiger partial charge in [-0.3, -0.25) is 0 Å². The number of hydrogen-bond donors (Lipinski definition) is 0. The van der Waals surface area contributed by atoms with Gasteiger partial charge < -0.3 is 0 Å². The SMILES string of the molecule is C[As](C)c1ccccc1[As](C)CC(C)(CCl)C[As](C)c1ccccc1[As](C)C. The number of hydrogen-bond acceptors (Lipinski definition) is 0. The molecule has 0 N–H and O–H groups in total. The van der Waals surface area contributed by atoms with Gasteiger partial charge in [-0.15, -0.1) is 0 Å². The van der Waals surface area contributed by atoms with Crippen molar-refractivity contribution in [3.05, 3.63) is 48.5 Å². The van der Waals surface area contributed by atoms with Crippen molar-refractivity contribution in [2.75, 3.05) is 5.88 Å². The Bertz CT molecular complexity index is 700. The second-order valence-electron chi connectivity index (χ2n) is 8.42. The van der Waals surface area contributed by atoms with Crippen LogP contribution in [0.1, 0.15) is 6.92 Å². The molecule has 0 aliphatic rings. The van der Waals surface area contributed by atoms with Crippen molar-refractivity contribution in [3.8, 4) is 0 Å². The number of halogens is 1. The van der Waals surface area contributed by atoms with Gasteiger partial charge in [-0.1, -0.05) is 0 Å². The Hall–Kier alpha value is 0.964. The van der Waals surface area contributed by atoms with Crippen molar-refractivity contribution in [1.29, 1.82) is 0 Å². The van der Waals surface area contributed by atoms with E-state index in [0.29, 0.717) is 0 Å². The summed E-state index contributed by atoms with van der Waals surface area (Å²) >= 11 is 2.79. The average Bonchev–Trinajstić information content (AvgIpc) is 2.67. The second-order valence-corrected chi connectivity index (χ2v) is 27.4. The topological polar surface area (TPSA) is 0 Å². The van der Waals surface area contributed by atoms with E-state index < -0.39 is 58.6 Å². The van der Waals surface area contributed by atoms with Crippen LogP contribution in [0.5, 0.6) is 0 Å². The van der Waals surface area contributed by atoms with Crippen LogP contribution >= 0.6 is 11.6 Å². The molecular weight excluding hydrogens is 611 g/mol. The molecule has 5 heteroatoms. The summed E-state index contributed by atoms with van der Waals surface area (Å²) in [7, 11) is 0. The number of alkyl halides is 1. The summed E-state index contributed by atoms with van der Waals surface area (Å²) < 4.78 is 6.86. The predicted octanol–water partition coefficient (Wildman–Crippen LogP) is 4.22. The summed E-state index contributed by atoms with van der Waals surface area (Å²) in [6, 6.07) is 18.6. The molecule has 2 rings (SSSR count). The van der Waals surface area contributed by atoms with Gasteiger partial charge in [0.2, 0.25) is 0 Å². The van der Waals surface area contributed by atoms with E-state index in [1.165, 1.54) is 10.4 Å². The summed E-state index contributed by atoms with van der Waals surface area (Å²) in [5, 5.41) is 2.67. The number of rotatable bonds is 9. The fourth-order valence-electron chi connectivity index (χ4n) is 3.78. The standard InChI is InChI=1S/C23H35As4Cl/c1-23(18-28,16-26(6)21-14-10-8-12-19(21)24(2)3)17-27(7)22-15-11-9-13-20(22)25(4)5/h8-15H,16-18H2,1-7H3. The zero-order valence-electron chi connectivity index (χ0n) is 18.4. The second kappa shape index (κ2) is 11.5. The molecule has 0 spiro atoms. The van der Waals surface area contributed by atoms with Gasteiger partial charge in [0, 0.05) is 0 Å². The van der Waals surface area contributed by atoms with E-state index >= 15 is 0 Å². The van der Waals surface area contributed by atoms with E-state index in [9.17, 15) is 0 Å². The fourth-order valence-corrected chi connectivity index (χ4v) is 27.1. The molecule has 0 heterocycles. The van der Waals surface area contributed by atoms with E-state index in [1.807, 2.05) is 0 Å². The third-order valence-electron chi connectivity index (χ3n) is 5.11. The van der Waals surface area contributed by atoms with Gasteiger partial charge in [0.15, 0.2) is 0 Å². The van der Waals surface area contributed by atoms with Crippen LogP contribution in [0, 0.1) is 5.41 Å². The van der Waals surface area contributed by atoms with E-state index in [2.05, 4.69) is 89.7 Å². The van der Waals surface area contributed by atoms with Gasteiger partial charge >= 0.3 is 199 Å². The molecule has 154 valence electrons. The molecule has 0 aromatic heterocycles. The summed E-state index contributed by atoms with van der Waals surface area (Å²) in [4.78, 5) is 0. The molecule has 0 saturated heterocycles. The number of benzene rings is 2. The van der Waals surface area contributed by atoms with Gasteiger partial charge in [0.1, 0.15) is 0 Å². The van der Waals surface area contributed by atoms with Crippen molar-refractivity contribution < 1.29 is 0 Å². The van der Waals surface area contributed by atoms with E-state index in [-0.39, 0.29) is 5.41 Å². The maximum absolute atomic E-state index is 6.64. The first-order chi connectivity index (χ1) is 13.2. The van der Waals surface area contributed by atoms with Crippen molar-refractivity contribution in [2.45, 2.75) is 51.6 Å². The molecule has 0 aliphatic heterocycles. The van der Waals surface area contributed by atoms with Crippen molar-refractivity contribution in [3.63, 3.8) is 0 Å². The van der Waals surface area contributed by atoms with E-state index in [1.54, 1.807) is 17.4 Å². The van der Waals surface area contributed by atoms with Crippen LogP contribution in [-0.2, 0) is 0 Å². The summed E-state index contributed by atoms with van der Waals surface area (Å²) in [5.74, 6) is 0.800. The summed E-state index contributed by atoms with van der Waals surface area (Å²) in [6.07, 6.45) is 0. The molecule has 0 aliphatic carbocycles. The molecule has 0 bridgehead atoms. The summed E-state index contributed by atoms with van der Waals surface area (Å²) in [5.41, 5.74) is 15.3. The summed E-state index contributed by atoms with van der Waals surface area (Å²) in [6.45, 7) is 2.47. The van der Waals surface area contributed by atoms with Crippen LogP contribution in [0.4, 0.5) is 0 Å². The van der Waals surface area contributed by atoms with Gasteiger partial charge in [0.05, 0.1) is 0 Å². The molecule has 0 nitrogen and oxygen atoms in total. The Labute approximate surface area is 197 Å². The van der Waals surface area contributed by atoms with Gasteiger partial charge in [-0.05, 0) is 0 Å². The van der Waals surface area contributed by atoms with Crippen LogP contribution in [0.25, 0.3) is 0 Å². The normalized spacial score (nSPS) is 16.2. The zero-order chi connectivity index (χ0) is 20.9. The Morgan fingerprint density at radius 2 is 0.964 bits per heavy atom. The molecule has 0 fully saturated rings. The van der Waals surface area contributed by atoms with Gasteiger partial charge in [0.25, 0.3) is 0 Å². The Balaban J connectivity index is 2.22. The molecule has 2 aromatic rings. The van der Waals surface area contributed by atoms with E-state index in [4.69, 9.17) is 11.6 Å². The third-order valence-corrected chi connectivity index (χ3v) is 23.4. The fraction of sp³-hybridized carbons (Fsp3) is 0.478. The first-order valence-corrected chi connectivity index (χ1v) is 27.9. The van der Waals surface area contributed by atoms with Crippen LogP contribution in [0.2, 0.25) is 44.7 Å². The van der Waals surface area contributed by atoms with Crippen LogP contribution in [-0.4, -0.2) is 64.5 Å². The van der Waals surface area contributed by atoms with Crippen LogP contribution in [0.15, 0.2) is 48.5 Å². The third kappa shape index (κ3) is 6.73. The van der Waals surface area contributed by atoms with Crippen molar-refractivity contribution in [1.82, 2.24) is 0 Å². The molecular formula is C23H35As4Cl. The quantitative estimate of drug-likeness (QED) is 0.283. The molecule has 0 radical (unpaired) electrons. The van der Waals surface area contributed by atoms with E-state index in [0.717, 1.165) is 5.88 Å². The van der Waals surface area contributed by atoms with Crippen LogP contribution < -0.4 is 17.4 Å². The monoisotopic (exact) mass is 646 g/mol. The Morgan fingerprint density at radius 3 is 1.25 bits per heavy atom. The molecule has 2 atom stereocenters. The van der Waals surface area contributed by atoms with Crippen molar-refractivity contribution >= 4 is 87.6 Å². The van der Waals surface area contributed by atoms with Gasteiger partial charge in [-0.25, -0.2) is 0 Å². The molecule has 28 heavy (non-hydrogen) atoms. The van der Waals surface area contributed by atoms with Crippen LogP contribution in [0.3, 0.4) is 0 Å². The molecule has 0 saturated carbocycles. The minimum atomic E-state index is -1.08. The first kappa shape index (κ1) is 25.2. The first-order valence-electron chi connectivity index (χ1n) is 9.69. The molecule has 2 aromatic carbocycles. The van der Waals surface area contributed by atoms with Crippen molar-refractivity contribution in [2.24, 2.45) is 5.41 Å². The van der Waals surface area contributed by atoms with Gasteiger partial charge in [-0.2, -0.15) is 0 Å². The predicted molar refractivity (Wildman–Crippen MR) is 138 cm³/mol. The molecule has 0 amide bonds. The Morgan fingerprint density at radius 1 is 0.643 bits per heavy atom. The Kier molecular flexibility index (Phi) is 10.4. The maximum atomic E-state index is 6.64. The minimum absolute atomic E-state index is 0.282. The molecule has 2 unspecified atom stereocenters. The zero-order valence-corrected chi connectivity index (χ0v) is 26.7.